The van der Waals surface area contributed by atoms with Crippen molar-refractivity contribution in [2.24, 2.45) is 16.7 Å². The largest absolute Gasteiger partial charge is 0.495 e. The zero-order valence-electron chi connectivity index (χ0n) is 20.2. The van der Waals surface area contributed by atoms with E-state index in [1.807, 2.05) is 51.1 Å². The van der Waals surface area contributed by atoms with Gasteiger partial charge in [-0.25, -0.2) is 0 Å². The number of fused-ring (bicyclic) bond motifs is 2. The van der Waals surface area contributed by atoms with Gasteiger partial charge in [-0.1, -0.05) is 51.1 Å². The van der Waals surface area contributed by atoms with Crippen molar-refractivity contribution in [3.05, 3.63) is 64.2 Å². The van der Waals surface area contributed by atoms with E-state index >= 15 is 0 Å². The molecule has 1 saturated heterocycles. The molecule has 9 nitrogen and oxygen atoms in total. The number of amides is 3. The van der Waals surface area contributed by atoms with Crippen LogP contribution in [0.2, 0.25) is 0 Å². The standard InChI is InChI=1S/C26H29N3O6/c1-25(2)18-12-13-26(25,3)24(32)28(23(18)31)20(14-16-8-6-5-7-9-16)22(30)27-19-15-17(29(33)34)10-11-21(19)35-4/h5-11,15,18,20H,12-14H2,1-4H3,(H,27,30). The second-order valence-electron chi connectivity index (χ2n) is 9.99. The number of piperidine rings is 1. The molecule has 9 heteroatoms. The summed E-state index contributed by atoms with van der Waals surface area (Å²) in [6, 6.07) is 11.9. The Morgan fingerprint density at radius 1 is 1.20 bits per heavy atom. The Bertz CT molecular complexity index is 1190. The van der Waals surface area contributed by atoms with Crippen LogP contribution in [0.4, 0.5) is 11.4 Å². The maximum absolute atomic E-state index is 13.8. The summed E-state index contributed by atoms with van der Waals surface area (Å²) in [7, 11) is 1.39. The van der Waals surface area contributed by atoms with E-state index in [2.05, 4.69) is 5.32 Å². The lowest BCUT2D eigenvalue weighted by molar-refractivity contribution is -0.384. The van der Waals surface area contributed by atoms with Gasteiger partial charge in [-0.2, -0.15) is 0 Å². The third-order valence-corrected chi connectivity index (χ3v) is 7.99. The molecule has 1 aliphatic heterocycles. The van der Waals surface area contributed by atoms with E-state index in [1.54, 1.807) is 0 Å². The van der Waals surface area contributed by atoms with E-state index in [4.69, 9.17) is 4.74 Å². The Hall–Kier alpha value is -3.75. The van der Waals surface area contributed by atoms with Crippen molar-refractivity contribution in [2.45, 2.75) is 46.1 Å². The van der Waals surface area contributed by atoms with Crippen LogP contribution in [0.1, 0.15) is 39.2 Å². The van der Waals surface area contributed by atoms with Crippen LogP contribution in [0.3, 0.4) is 0 Å². The summed E-state index contributed by atoms with van der Waals surface area (Å²) in [5, 5.41) is 14.0. The molecular weight excluding hydrogens is 450 g/mol. The first-order valence-electron chi connectivity index (χ1n) is 11.6. The van der Waals surface area contributed by atoms with Crippen molar-refractivity contribution in [2.75, 3.05) is 12.4 Å². The van der Waals surface area contributed by atoms with Gasteiger partial charge in [-0.15, -0.1) is 0 Å². The summed E-state index contributed by atoms with van der Waals surface area (Å²) in [6.07, 6.45) is 1.28. The Morgan fingerprint density at radius 2 is 1.89 bits per heavy atom. The number of carbonyl (C=O) groups excluding carboxylic acids is 3. The summed E-state index contributed by atoms with van der Waals surface area (Å²) in [6.45, 7) is 5.76. The lowest BCUT2D eigenvalue weighted by atomic mass is 9.62. The van der Waals surface area contributed by atoms with Gasteiger partial charge in [-0.05, 0) is 29.9 Å². The Morgan fingerprint density at radius 3 is 2.51 bits per heavy atom. The van der Waals surface area contributed by atoms with Gasteiger partial charge in [0, 0.05) is 24.5 Å². The maximum Gasteiger partial charge on any atom is 0.271 e. The molecule has 1 saturated carbocycles. The number of nitro benzene ring substituents is 1. The first kappa shape index (κ1) is 24.4. The number of rotatable bonds is 7. The molecule has 3 unspecified atom stereocenters. The van der Waals surface area contributed by atoms with Gasteiger partial charge < -0.3 is 10.1 Å². The molecule has 1 heterocycles. The van der Waals surface area contributed by atoms with Crippen LogP contribution in [0.15, 0.2) is 48.5 Å². The number of nitrogens with one attached hydrogen (secondary N) is 1. The van der Waals surface area contributed by atoms with Gasteiger partial charge in [-0.3, -0.25) is 29.4 Å². The first-order valence-corrected chi connectivity index (χ1v) is 11.6. The van der Waals surface area contributed by atoms with Gasteiger partial charge in [0.1, 0.15) is 11.8 Å². The minimum absolute atomic E-state index is 0.0937. The lowest BCUT2D eigenvalue weighted by Gasteiger charge is -2.49. The Labute approximate surface area is 203 Å². The SMILES string of the molecule is COc1ccc([N+](=O)[O-])cc1NC(=O)C(Cc1ccccc1)N1C(=O)C2CCC(C)(C1=O)C2(C)C. The average Bonchev–Trinajstić information content (AvgIpc) is 3.01. The zero-order chi connectivity index (χ0) is 25.5. The third kappa shape index (κ3) is 3.94. The van der Waals surface area contributed by atoms with Crippen molar-refractivity contribution in [1.82, 2.24) is 4.90 Å². The minimum Gasteiger partial charge on any atom is -0.495 e. The van der Waals surface area contributed by atoms with Crippen LogP contribution in [0.5, 0.6) is 5.75 Å². The number of nitrogens with zero attached hydrogens (tertiary/aromatic N) is 2. The molecule has 3 atom stereocenters. The number of hydrogen-bond acceptors (Lipinski definition) is 6. The van der Waals surface area contributed by atoms with E-state index in [0.29, 0.717) is 12.8 Å². The molecular formula is C26H29N3O6. The van der Waals surface area contributed by atoms with Crippen LogP contribution >= 0.6 is 0 Å². The van der Waals surface area contributed by atoms with Crippen LogP contribution in [-0.2, 0) is 20.8 Å². The van der Waals surface area contributed by atoms with Crippen molar-refractivity contribution in [3.8, 4) is 5.75 Å². The topological polar surface area (TPSA) is 119 Å². The fourth-order valence-electron chi connectivity index (χ4n) is 5.41. The molecule has 2 aromatic carbocycles. The van der Waals surface area contributed by atoms with Crippen LogP contribution in [-0.4, -0.2) is 40.7 Å². The molecule has 184 valence electrons. The smallest absolute Gasteiger partial charge is 0.271 e. The maximum atomic E-state index is 13.8. The lowest BCUT2D eigenvalue weighted by Crippen LogP contribution is -2.64. The fraction of sp³-hybridized carbons (Fsp3) is 0.423. The van der Waals surface area contributed by atoms with E-state index < -0.39 is 27.7 Å². The second kappa shape index (κ2) is 8.79. The molecule has 2 aromatic rings. The van der Waals surface area contributed by atoms with E-state index in [-0.39, 0.29) is 41.3 Å². The van der Waals surface area contributed by atoms with Gasteiger partial charge in [0.25, 0.3) is 5.69 Å². The van der Waals surface area contributed by atoms with Gasteiger partial charge in [0.05, 0.1) is 23.1 Å². The molecule has 0 spiro atoms. The number of likely N-dealkylation sites (tertiary alicyclic amines) is 1. The molecule has 2 bridgehead atoms. The summed E-state index contributed by atoms with van der Waals surface area (Å²) < 4.78 is 5.27. The number of non-ortho nitro benzene ring substituents is 1. The van der Waals surface area contributed by atoms with Gasteiger partial charge >= 0.3 is 0 Å². The highest BCUT2D eigenvalue weighted by atomic mass is 16.6. The third-order valence-electron chi connectivity index (χ3n) is 7.99. The van der Waals surface area contributed by atoms with Crippen molar-refractivity contribution >= 4 is 29.1 Å². The van der Waals surface area contributed by atoms with E-state index in [0.717, 1.165) is 10.5 Å². The molecule has 4 rings (SSSR count). The highest BCUT2D eigenvalue weighted by Crippen LogP contribution is 2.60. The quantitative estimate of drug-likeness (QED) is 0.365. The van der Waals surface area contributed by atoms with Crippen molar-refractivity contribution < 1.29 is 24.0 Å². The van der Waals surface area contributed by atoms with E-state index in [1.165, 1.54) is 25.3 Å². The number of nitro groups is 1. The summed E-state index contributed by atoms with van der Waals surface area (Å²) >= 11 is 0. The number of carbonyl (C=O) groups is 3. The summed E-state index contributed by atoms with van der Waals surface area (Å²) in [4.78, 5) is 52.9. The predicted molar refractivity (Wildman–Crippen MR) is 129 cm³/mol. The molecule has 2 aliphatic rings. The van der Waals surface area contributed by atoms with Crippen LogP contribution in [0.25, 0.3) is 0 Å². The highest BCUT2D eigenvalue weighted by Gasteiger charge is 2.65. The number of methoxy groups -OCH3 is 1. The summed E-state index contributed by atoms with van der Waals surface area (Å²) in [5.74, 6) is -1.46. The number of ether oxygens (including phenoxy) is 1. The van der Waals surface area contributed by atoms with Crippen molar-refractivity contribution in [3.63, 3.8) is 0 Å². The molecule has 0 radical (unpaired) electrons. The molecule has 2 fully saturated rings. The number of hydrogen-bond donors (Lipinski definition) is 1. The Kier molecular flexibility index (Phi) is 6.12. The molecule has 35 heavy (non-hydrogen) atoms. The number of benzene rings is 2. The molecule has 1 N–H and O–H groups in total. The number of imide groups is 1. The highest BCUT2D eigenvalue weighted by molar-refractivity contribution is 6.09. The normalized spacial score (nSPS) is 23.7. The van der Waals surface area contributed by atoms with Gasteiger partial charge in [0.15, 0.2) is 0 Å². The molecule has 3 amide bonds. The van der Waals surface area contributed by atoms with Crippen LogP contribution in [0, 0.1) is 26.9 Å². The van der Waals surface area contributed by atoms with E-state index in [9.17, 15) is 24.5 Å². The Balaban J connectivity index is 1.74. The minimum atomic E-state index is -1.13. The predicted octanol–water partition coefficient (Wildman–Crippen LogP) is 3.96. The summed E-state index contributed by atoms with van der Waals surface area (Å²) in [5.41, 5.74) is -0.644. The van der Waals surface area contributed by atoms with Crippen molar-refractivity contribution in [1.29, 1.82) is 0 Å². The molecule has 0 aromatic heterocycles. The number of anilines is 1. The first-order chi connectivity index (χ1) is 16.5. The fourth-order valence-corrected chi connectivity index (χ4v) is 5.41. The molecule has 1 aliphatic carbocycles. The second-order valence-corrected chi connectivity index (χ2v) is 9.99. The zero-order valence-corrected chi connectivity index (χ0v) is 20.2. The monoisotopic (exact) mass is 479 g/mol. The van der Waals surface area contributed by atoms with Gasteiger partial charge in [0.2, 0.25) is 17.7 Å². The average molecular weight is 480 g/mol. The van der Waals surface area contributed by atoms with Crippen LogP contribution < -0.4 is 10.1 Å².